The summed E-state index contributed by atoms with van der Waals surface area (Å²) >= 11 is 0. The molecule has 15 heavy (non-hydrogen) atoms. The second kappa shape index (κ2) is 4.42. The van der Waals surface area contributed by atoms with Crippen molar-refractivity contribution in [2.45, 2.75) is 32.1 Å². The Morgan fingerprint density at radius 1 is 1.07 bits per heavy atom. The van der Waals surface area contributed by atoms with Crippen LogP contribution in [0.1, 0.15) is 32.1 Å². The van der Waals surface area contributed by atoms with Crippen LogP contribution in [0, 0.1) is 17.8 Å². The minimum atomic E-state index is 0.941. The molecule has 3 fully saturated rings. The van der Waals surface area contributed by atoms with Crippen molar-refractivity contribution in [3.8, 4) is 0 Å². The summed E-state index contributed by atoms with van der Waals surface area (Å²) in [6.07, 6.45) is 7.40. The predicted molar refractivity (Wildman–Crippen MR) is 62.9 cm³/mol. The van der Waals surface area contributed by atoms with Crippen LogP contribution in [0.25, 0.3) is 0 Å². The Kier molecular flexibility index (Phi) is 2.98. The average Bonchev–Trinajstić information content (AvgIpc) is 3.02. The maximum Gasteiger partial charge on any atom is 0.00219 e. The highest BCUT2D eigenvalue weighted by Gasteiger charge is 2.36. The number of nitrogens with one attached hydrogen (secondary N) is 1. The molecule has 2 aliphatic heterocycles. The molecule has 0 spiro atoms. The van der Waals surface area contributed by atoms with Gasteiger partial charge in [0.05, 0.1) is 0 Å². The van der Waals surface area contributed by atoms with Crippen LogP contribution in [0.15, 0.2) is 0 Å². The summed E-state index contributed by atoms with van der Waals surface area (Å²) in [5.74, 6) is 3.14. The Labute approximate surface area is 93.4 Å². The third-order valence-corrected chi connectivity index (χ3v) is 4.51. The van der Waals surface area contributed by atoms with E-state index in [2.05, 4.69) is 10.2 Å². The van der Waals surface area contributed by atoms with E-state index in [9.17, 15) is 0 Å². The van der Waals surface area contributed by atoms with E-state index in [0.29, 0.717) is 0 Å². The molecule has 2 nitrogen and oxygen atoms in total. The third-order valence-electron chi connectivity index (χ3n) is 4.51. The van der Waals surface area contributed by atoms with Crippen LogP contribution in [-0.2, 0) is 0 Å². The van der Waals surface area contributed by atoms with Gasteiger partial charge in [0.15, 0.2) is 0 Å². The third kappa shape index (κ3) is 2.54. The number of hydrogen-bond acceptors (Lipinski definition) is 2. The van der Waals surface area contributed by atoms with E-state index < -0.39 is 0 Å². The van der Waals surface area contributed by atoms with Gasteiger partial charge in [-0.3, -0.25) is 0 Å². The fourth-order valence-electron chi connectivity index (χ4n) is 3.43. The first-order valence-corrected chi connectivity index (χ1v) is 6.85. The van der Waals surface area contributed by atoms with E-state index in [1.807, 2.05) is 0 Å². The molecule has 0 aromatic carbocycles. The molecule has 2 saturated heterocycles. The SMILES string of the molecule is C1CNCC(CN2CCC(C3CC3)C2)C1. The van der Waals surface area contributed by atoms with Gasteiger partial charge in [-0.25, -0.2) is 0 Å². The summed E-state index contributed by atoms with van der Waals surface area (Å²) in [4.78, 5) is 2.74. The van der Waals surface area contributed by atoms with Crippen molar-refractivity contribution in [2.24, 2.45) is 17.8 Å². The summed E-state index contributed by atoms with van der Waals surface area (Å²) in [6.45, 7) is 6.70. The molecule has 2 unspecified atom stereocenters. The minimum absolute atomic E-state index is 0.941. The van der Waals surface area contributed by atoms with Gasteiger partial charge in [0, 0.05) is 13.1 Å². The molecule has 3 rings (SSSR count). The molecule has 0 aromatic heterocycles. The topological polar surface area (TPSA) is 15.3 Å². The monoisotopic (exact) mass is 208 g/mol. The Bertz CT molecular complexity index is 207. The van der Waals surface area contributed by atoms with E-state index in [1.54, 1.807) is 0 Å². The highest BCUT2D eigenvalue weighted by atomic mass is 15.2. The largest absolute Gasteiger partial charge is 0.316 e. The zero-order valence-corrected chi connectivity index (χ0v) is 9.75. The van der Waals surface area contributed by atoms with Crippen molar-refractivity contribution in [3.05, 3.63) is 0 Å². The van der Waals surface area contributed by atoms with E-state index >= 15 is 0 Å². The minimum Gasteiger partial charge on any atom is -0.316 e. The number of hydrogen-bond donors (Lipinski definition) is 1. The number of nitrogens with zero attached hydrogens (tertiary/aromatic N) is 1. The smallest absolute Gasteiger partial charge is 0.00219 e. The van der Waals surface area contributed by atoms with Gasteiger partial charge in [-0.05, 0) is 69.5 Å². The normalized spacial score (nSPS) is 38.4. The highest BCUT2D eigenvalue weighted by molar-refractivity contribution is 4.88. The van der Waals surface area contributed by atoms with Gasteiger partial charge in [-0.1, -0.05) is 0 Å². The molecule has 0 bridgehead atoms. The standard InChI is InChI=1S/C13H24N2/c1-2-11(8-14-6-1)9-15-7-5-13(10-15)12-3-4-12/h11-14H,1-10H2. The molecule has 0 aromatic rings. The first-order chi connectivity index (χ1) is 7.42. The first-order valence-electron chi connectivity index (χ1n) is 6.85. The maximum absolute atomic E-state index is 3.53. The van der Waals surface area contributed by atoms with Crippen LogP contribution in [0.5, 0.6) is 0 Å². The molecule has 2 atom stereocenters. The van der Waals surface area contributed by atoms with Crippen LogP contribution in [0.2, 0.25) is 0 Å². The van der Waals surface area contributed by atoms with Gasteiger partial charge in [0.2, 0.25) is 0 Å². The van der Waals surface area contributed by atoms with Gasteiger partial charge < -0.3 is 10.2 Å². The van der Waals surface area contributed by atoms with Crippen molar-refractivity contribution < 1.29 is 0 Å². The van der Waals surface area contributed by atoms with Crippen LogP contribution < -0.4 is 5.32 Å². The van der Waals surface area contributed by atoms with Gasteiger partial charge in [0.1, 0.15) is 0 Å². The van der Waals surface area contributed by atoms with Gasteiger partial charge in [-0.2, -0.15) is 0 Å². The zero-order chi connectivity index (χ0) is 10.1. The molecule has 1 aliphatic carbocycles. The number of likely N-dealkylation sites (tertiary alicyclic amines) is 1. The van der Waals surface area contributed by atoms with Crippen molar-refractivity contribution >= 4 is 0 Å². The van der Waals surface area contributed by atoms with Crippen LogP contribution >= 0.6 is 0 Å². The second-order valence-corrected chi connectivity index (χ2v) is 5.86. The Morgan fingerprint density at radius 3 is 2.73 bits per heavy atom. The lowest BCUT2D eigenvalue weighted by molar-refractivity contribution is 0.235. The van der Waals surface area contributed by atoms with Crippen LogP contribution in [0.3, 0.4) is 0 Å². The number of rotatable bonds is 3. The van der Waals surface area contributed by atoms with Crippen LogP contribution in [0.4, 0.5) is 0 Å². The highest BCUT2D eigenvalue weighted by Crippen LogP contribution is 2.41. The summed E-state index contributed by atoms with van der Waals surface area (Å²) in [6, 6.07) is 0. The second-order valence-electron chi connectivity index (χ2n) is 5.86. The van der Waals surface area contributed by atoms with Crippen molar-refractivity contribution in [2.75, 3.05) is 32.7 Å². The van der Waals surface area contributed by atoms with Crippen molar-refractivity contribution in [1.29, 1.82) is 0 Å². The molecule has 3 aliphatic rings. The van der Waals surface area contributed by atoms with Gasteiger partial charge in [-0.15, -0.1) is 0 Å². The zero-order valence-electron chi connectivity index (χ0n) is 9.75. The maximum atomic E-state index is 3.53. The van der Waals surface area contributed by atoms with Crippen molar-refractivity contribution in [1.82, 2.24) is 10.2 Å². The lowest BCUT2D eigenvalue weighted by atomic mass is 9.99. The fourth-order valence-corrected chi connectivity index (χ4v) is 3.43. The van der Waals surface area contributed by atoms with E-state index in [0.717, 1.165) is 17.8 Å². The van der Waals surface area contributed by atoms with Gasteiger partial charge >= 0.3 is 0 Å². The first kappa shape index (κ1) is 10.1. The van der Waals surface area contributed by atoms with E-state index in [1.165, 1.54) is 64.8 Å². The summed E-state index contributed by atoms with van der Waals surface area (Å²) in [5, 5.41) is 3.53. The summed E-state index contributed by atoms with van der Waals surface area (Å²) < 4.78 is 0. The Balaban J connectivity index is 1.43. The quantitative estimate of drug-likeness (QED) is 0.759. The van der Waals surface area contributed by atoms with E-state index in [-0.39, 0.29) is 0 Å². The molecule has 0 amide bonds. The van der Waals surface area contributed by atoms with E-state index in [4.69, 9.17) is 0 Å². The molecule has 2 heterocycles. The average molecular weight is 208 g/mol. The number of piperidine rings is 1. The van der Waals surface area contributed by atoms with Crippen LogP contribution in [-0.4, -0.2) is 37.6 Å². The molecular formula is C13H24N2. The summed E-state index contributed by atoms with van der Waals surface area (Å²) in [5.41, 5.74) is 0. The lowest BCUT2D eigenvalue weighted by Gasteiger charge is -2.27. The lowest BCUT2D eigenvalue weighted by Crippen LogP contribution is -2.37. The molecule has 86 valence electrons. The molecule has 1 N–H and O–H groups in total. The summed E-state index contributed by atoms with van der Waals surface area (Å²) in [7, 11) is 0. The molecular weight excluding hydrogens is 184 g/mol. The van der Waals surface area contributed by atoms with Gasteiger partial charge in [0.25, 0.3) is 0 Å². The molecule has 2 heteroatoms. The van der Waals surface area contributed by atoms with Crippen molar-refractivity contribution in [3.63, 3.8) is 0 Å². The Hall–Kier alpha value is -0.0800. The Morgan fingerprint density at radius 2 is 2.00 bits per heavy atom. The fraction of sp³-hybridized carbons (Fsp3) is 1.00. The molecule has 1 saturated carbocycles. The predicted octanol–water partition coefficient (Wildman–Crippen LogP) is 1.72. The molecule has 0 radical (unpaired) electrons.